The lowest BCUT2D eigenvalue weighted by molar-refractivity contribution is 0.492. The van der Waals surface area contributed by atoms with Gasteiger partial charge in [-0.3, -0.25) is 0 Å². The highest BCUT2D eigenvalue weighted by Crippen LogP contribution is 2.37. The van der Waals surface area contributed by atoms with Gasteiger partial charge in [-0.1, -0.05) is 116 Å². The Bertz CT molecular complexity index is 392. The summed E-state index contributed by atoms with van der Waals surface area (Å²) in [4.78, 5) is 0. The van der Waals surface area contributed by atoms with E-state index in [1.54, 1.807) is 11.1 Å². The molecule has 1 aromatic carbocycles. The van der Waals surface area contributed by atoms with Crippen molar-refractivity contribution in [1.82, 2.24) is 0 Å². The average Bonchev–Trinajstić information content (AvgIpc) is 2.67. The van der Waals surface area contributed by atoms with Crippen LogP contribution < -0.4 is 0 Å². The average molecular weight is 359 g/mol. The number of benzene rings is 1. The van der Waals surface area contributed by atoms with Crippen LogP contribution in [-0.2, 0) is 0 Å². The minimum absolute atomic E-state index is 0.781. The Kier molecular flexibility index (Phi) is 13.7. The Morgan fingerprint density at radius 2 is 0.923 bits per heavy atom. The van der Waals surface area contributed by atoms with Gasteiger partial charge in [0.1, 0.15) is 0 Å². The molecule has 0 aromatic heterocycles. The topological polar surface area (TPSA) is 0 Å². The van der Waals surface area contributed by atoms with Crippen LogP contribution in [0.25, 0.3) is 0 Å². The summed E-state index contributed by atoms with van der Waals surface area (Å²) in [6.07, 6.45) is 19.2. The molecule has 0 aliphatic carbocycles. The Balaban J connectivity index is 2.87. The van der Waals surface area contributed by atoms with Crippen LogP contribution in [0.3, 0.4) is 0 Å². The third-order valence-electron chi connectivity index (χ3n) is 5.96. The molecule has 2 unspecified atom stereocenters. The number of hydrogen-bond donors (Lipinski definition) is 0. The largest absolute Gasteiger partial charge is 0.0654 e. The van der Waals surface area contributed by atoms with Crippen molar-refractivity contribution in [1.29, 1.82) is 0 Å². The lowest BCUT2D eigenvalue weighted by atomic mass is 9.80. The van der Waals surface area contributed by atoms with Gasteiger partial charge in [0.25, 0.3) is 0 Å². The van der Waals surface area contributed by atoms with E-state index in [4.69, 9.17) is 0 Å². The van der Waals surface area contributed by atoms with Crippen molar-refractivity contribution in [3.63, 3.8) is 0 Å². The lowest BCUT2D eigenvalue weighted by Crippen LogP contribution is -2.08. The summed E-state index contributed by atoms with van der Waals surface area (Å²) in [5.41, 5.74) is 3.39. The third kappa shape index (κ3) is 8.74. The maximum atomic E-state index is 2.46. The molecule has 1 rings (SSSR count). The highest BCUT2D eigenvalue weighted by molar-refractivity contribution is 5.33. The zero-order valence-corrected chi connectivity index (χ0v) is 18.4. The molecule has 0 nitrogen and oxygen atoms in total. The monoisotopic (exact) mass is 358 g/mol. The Morgan fingerprint density at radius 1 is 0.500 bits per heavy atom. The molecule has 0 aliphatic heterocycles. The zero-order valence-electron chi connectivity index (χ0n) is 18.4. The summed E-state index contributed by atoms with van der Waals surface area (Å²) in [6.45, 7) is 9.34. The summed E-state index contributed by atoms with van der Waals surface area (Å²) in [5.74, 6) is 1.56. The van der Waals surface area contributed by atoms with E-state index < -0.39 is 0 Å². The van der Waals surface area contributed by atoms with Crippen molar-refractivity contribution in [2.75, 3.05) is 0 Å². The number of hydrogen-bond acceptors (Lipinski definition) is 0. The van der Waals surface area contributed by atoms with Crippen LogP contribution in [0.15, 0.2) is 24.3 Å². The van der Waals surface area contributed by atoms with Gasteiger partial charge in [-0.2, -0.15) is 0 Å². The summed E-state index contributed by atoms with van der Waals surface area (Å²) in [7, 11) is 0. The molecule has 0 spiro atoms. The first-order chi connectivity index (χ1) is 12.8. The molecule has 2 atom stereocenters. The molecule has 0 amide bonds. The maximum Gasteiger partial charge on any atom is -0.0159 e. The van der Waals surface area contributed by atoms with Gasteiger partial charge in [-0.25, -0.2) is 0 Å². The first-order valence-electron chi connectivity index (χ1n) is 11.9. The van der Waals surface area contributed by atoms with Crippen LogP contribution in [0.5, 0.6) is 0 Å². The first kappa shape index (κ1) is 23.3. The SMILES string of the molecule is CCCCCCC(CCC)c1ccccc1C(CCC)CCCCCC. The van der Waals surface area contributed by atoms with Crippen molar-refractivity contribution >= 4 is 0 Å². The van der Waals surface area contributed by atoms with Crippen LogP contribution in [0.4, 0.5) is 0 Å². The van der Waals surface area contributed by atoms with Crippen molar-refractivity contribution < 1.29 is 0 Å². The van der Waals surface area contributed by atoms with Crippen molar-refractivity contribution in [2.24, 2.45) is 0 Å². The van der Waals surface area contributed by atoms with E-state index >= 15 is 0 Å². The van der Waals surface area contributed by atoms with E-state index in [-0.39, 0.29) is 0 Å². The number of unbranched alkanes of at least 4 members (excludes halogenated alkanes) is 6. The quantitative estimate of drug-likeness (QED) is 0.258. The highest BCUT2D eigenvalue weighted by atomic mass is 14.2. The van der Waals surface area contributed by atoms with E-state index in [0.717, 1.165) is 11.8 Å². The number of rotatable bonds is 16. The Morgan fingerprint density at radius 3 is 1.27 bits per heavy atom. The molecular weight excluding hydrogens is 312 g/mol. The molecular formula is C26H46. The molecule has 0 saturated carbocycles. The fourth-order valence-electron chi connectivity index (χ4n) is 4.50. The fraction of sp³-hybridized carbons (Fsp3) is 0.769. The summed E-state index contributed by atoms with van der Waals surface area (Å²) >= 11 is 0. The summed E-state index contributed by atoms with van der Waals surface area (Å²) < 4.78 is 0. The summed E-state index contributed by atoms with van der Waals surface area (Å²) in [6, 6.07) is 9.50. The van der Waals surface area contributed by atoms with Crippen molar-refractivity contribution in [2.45, 2.75) is 129 Å². The highest BCUT2D eigenvalue weighted by Gasteiger charge is 2.19. The van der Waals surface area contributed by atoms with Gasteiger partial charge in [0.15, 0.2) is 0 Å². The van der Waals surface area contributed by atoms with E-state index in [1.807, 2.05) is 0 Å². The standard InChI is InChI=1S/C26H46/c1-5-9-11-13-19-23(17-7-3)25-21-15-16-22-26(25)24(18-8-4)20-14-12-10-6-2/h15-16,21-24H,5-14,17-20H2,1-4H3. The van der Waals surface area contributed by atoms with E-state index in [1.165, 1.54) is 89.9 Å². The lowest BCUT2D eigenvalue weighted by Gasteiger charge is -2.25. The Hall–Kier alpha value is -0.780. The smallest absolute Gasteiger partial charge is 0.0159 e. The molecule has 0 fully saturated rings. The van der Waals surface area contributed by atoms with Gasteiger partial charge in [-0.15, -0.1) is 0 Å². The maximum absolute atomic E-state index is 2.46. The van der Waals surface area contributed by atoms with E-state index in [9.17, 15) is 0 Å². The molecule has 0 heterocycles. The molecule has 150 valence electrons. The predicted octanol–water partition coefficient (Wildman–Crippen LogP) is 9.39. The van der Waals surface area contributed by atoms with Gasteiger partial charge in [0, 0.05) is 0 Å². The van der Waals surface area contributed by atoms with Gasteiger partial charge in [0.2, 0.25) is 0 Å². The van der Waals surface area contributed by atoms with Crippen LogP contribution in [0, 0.1) is 0 Å². The molecule has 0 bridgehead atoms. The summed E-state index contributed by atoms with van der Waals surface area (Å²) in [5, 5.41) is 0. The molecule has 0 radical (unpaired) electrons. The Labute approximate surface area is 165 Å². The van der Waals surface area contributed by atoms with E-state index in [0.29, 0.717) is 0 Å². The molecule has 0 heteroatoms. The van der Waals surface area contributed by atoms with Gasteiger partial charge < -0.3 is 0 Å². The first-order valence-corrected chi connectivity index (χ1v) is 11.9. The molecule has 1 aromatic rings. The van der Waals surface area contributed by atoms with Crippen molar-refractivity contribution in [3.05, 3.63) is 35.4 Å². The second-order valence-electron chi connectivity index (χ2n) is 8.30. The molecule has 0 aliphatic rings. The molecule has 26 heavy (non-hydrogen) atoms. The third-order valence-corrected chi connectivity index (χ3v) is 5.96. The van der Waals surface area contributed by atoms with Gasteiger partial charge >= 0.3 is 0 Å². The van der Waals surface area contributed by atoms with Crippen LogP contribution >= 0.6 is 0 Å². The van der Waals surface area contributed by atoms with Gasteiger partial charge in [0.05, 0.1) is 0 Å². The zero-order chi connectivity index (χ0) is 19.0. The molecule has 0 saturated heterocycles. The van der Waals surface area contributed by atoms with Crippen LogP contribution in [-0.4, -0.2) is 0 Å². The second-order valence-corrected chi connectivity index (χ2v) is 8.30. The van der Waals surface area contributed by atoms with E-state index in [2.05, 4.69) is 52.0 Å². The van der Waals surface area contributed by atoms with Crippen LogP contribution in [0.2, 0.25) is 0 Å². The molecule has 0 N–H and O–H groups in total. The minimum atomic E-state index is 0.781. The second kappa shape index (κ2) is 15.3. The van der Waals surface area contributed by atoms with Crippen LogP contribution in [0.1, 0.15) is 141 Å². The normalized spacial score (nSPS) is 13.7. The van der Waals surface area contributed by atoms with Crippen molar-refractivity contribution in [3.8, 4) is 0 Å². The minimum Gasteiger partial charge on any atom is -0.0654 e. The van der Waals surface area contributed by atoms with Gasteiger partial charge in [-0.05, 0) is 48.6 Å². The fourth-order valence-corrected chi connectivity index (χ4v) is 4.50. The predicted molar refractivity (Wildman–Crippen MR) is 119 cm³/mol.